The lowest BCUT2D eigenvalue weighted by Gasteiger charge is -2.36. The highest BCUT2D eigenvalue weighted by molar-refractivity contribution is 9.10. The van der Waals surface area contributed by atoms with Crippen LogP contribution in [0.25, 0.3) is 0 Å². The summed E-state index contributed by atoms with van der Waals surface area (Å²) < 4.78 is 0.738. The van der Waals surface area contributed by atoms with Crippen LogP contribution in [0.4, 0.5) is 17.1 Å². The summed E-state index contributed by atoms with van der Waals surface area (Å²) in [7, 11) is 0. The molecule has 3 atom stereocenters. The number of nitrogens with zero attached hydrogens (tertiary/aromatic N) is 3. The molecule has 3 aliphatic rings. The molecule has 3 aliphatic heterocycles. The normalized spacial score (nSPS) is 20.7. The van der Waals surface area contributed by atoms with Crippen molar-refractivity contribution in [2.24, 2.45) is 5.92 Å². The fourth-order valence-corrected chi connectivity index (χ4v) is 7.75. The first-order chi connectivity index (χ1) is 23.7. The maximum Gasteiger partial charge on any atom is 0.264 e. The van der Waals surface area contributed by atoms with Crippen LogP contribution in [0, 0.1) is 5.92 Å². The number of aliphatic hydroxyl groups is 2. The first kappa shape index (κ1) is 33.0. The maximum atomic E-state index is 14.1. The fourth-order valence-electron chi connectivity index (χ4n) is 7.39. The van der Waals surface area contributed by atoms with Gasteiger partial charge in [0.2, 0.25) is 11.8 Å². The van der Waals surface area contributed by atoms with Gasteiger partial charge in [0.05, 0.1) is 30.6 Å². The molecule has 0 unspecified atom stereocenters. The van der Waals surface area contributed by atoms with Crippen LogP contribution in [0.15, 0.2) is 108 Å². The standard InChI is InChI=1S/C40H38BrN3O5/c1-26(7-6-12-37(46)42-24-30-10-3-2-9-29(30)21-33(42)25-45)40(49)34-22-31(41)16-19-36(34)43(39(40)48)23-27-13-17-32(18-14-27)44-35-11-5-4-8-28(35)15-20-38(44)47/h2-11,13-14,16-19,22,26,33,45,49H,12,15,20-21,23-25H2,1H3/b7-6+/t26-,33+,40+/m1/s1. The van der Waals surface area contributed by atoms with Crippen molar-refractivity contribution in [2.75, 3.05) is 16.4 Å². The summed E-state index contributed by atoms with van der Waals surface area (Å²) in [4.78, 5) is 45.5. The minimum atomic E-state index is -1.85. The number of anilines is 3. The largest absolute Gasteiger partial charge is 0.394 e. The molecule has 0 fully saturated rings. The lowest BCUT2D eigenvalue weighted by Crippen LogP contribution is -2.46. The Morgan fingerprint density at radius 2 is 1.65 bits per heavy atom. The minimum absolute atomic E-state index is 0.0453. The number of carbonyl (C=O) groups is 3. The van der Waals surface area contributed by atoms with Crippen molar-refractivity contribution in [3.05, 3.63) is 135 Å². The van der Waals surface area contributed by atoms with E-state index < -0.39 is 17.4 Å². The zero-order valence-electron chi connectivity index (χ0n) is 27.3. The van der Waals surface area contributed by atoms with E-state index in [4.69, 9.17) is 0 Å². The number of amides is 3. The molecule has 3 heterocycles. The highest BCUT2D eigenvalue weighted by Gasteiger charge is 2.52. The molecule has 8 nitrogen and oxygen atoms in total. The number of fused-ring (bicyclic) bond motifs is 3. The predicted molar refractivity (Wildman–Crippen MR) is 192 cm³/mol. The van der Waals surface area contributed by atoms with Gasteiger partial charge in [-0.25, -0.2) is 0 Å². The molecule has 4 aromatic rings. The lowest BCUT2D eigenvalue weighted by atomic mass is 9.83. The van der Waals surface area contributed by atoms with Crippen molar-refractivity contribution in [1.29, 1.82) is 0 Å². The number of aliphatic hydroxyl groups excluding tert-OH is 1. The Balaban J connectivity index is 1.08. The van der Waals surface area contributed by atoms with E-state index in [0.717, 1.165) is 44.5 Å². The first-order valence-electron chi connectivity index (χ1n) is 16.7. The average Bonchev–Trinajstić information content (AvgIpc) is 3.33. The number of aryl methyl sites for hydroxylation is 1. The van der Waals surface area contributed by atoms with Crippen LogP contribution >= 0.6 is 15.9 Å². The topological polar surface area (TPSA) is 101 Å². The molecule has 0 saturated carbocycles. The Labute approximate surface area is 294 Å². The smallest absolute Gasteiger partial charge is 0.264 e. The van der Waals surface area contributed by atoms with E-state index in [1.54, 1.807) is 39.8 Å². The number of rotatable bonds is 8. The van der Waals surface area contributed by atoms with Crippen LogP contribution < -0.4 is 9.80 Å². The molecule has 7 rings (SSSR count). The molecule has 9 heteroatoms. The van der Waals surface area contributed by atoms with Gasteiger partial charge >= 0.3 is 0 Å². The van der Waals surface area contributed by atoms with E-state index in [9.17, 15) is 24.6 Å². The number of carbonyl (C=O) groups excluding carboxylic acids is 3. The third-order valence-electron chi connectivity index (χ3n) is 10.1. The van der Waals surface area contributed by atoms with Crippen LogP contribution in [0.2, 0.25) is 0 Å². The van der Waals surface area contributed by atoms with Crippen molar-refractivity contribution >= 4 is 50.7 Å². The monoisotopic (exact) mass is 719 g/mol. The third kappa shape index (κ3) is 6.00. The van der Waals surface area contributed by atoms with Crippen LogP contribution in [-0.4, -0.2) is 45.5 Å². The van der Waals surface area contributed by atoms with Crippen molar-refractivity contribution in [3.63, 3.8) is 0 Å². The highest BCUT2D eigenvalue weighted by Crippen LogP contribution is 2.47. The summed E-state index contributed by atoms with van der Waals surface area (Å²) in [5.41, 5.74) is 5.13. The van der Waals surface area contributed by atoms with Crippen LogP contribution in [0.1, 0.15) is 47.6 Å². The minimum Gasteiger partial charge on any atom is -0.394 e. The second kappa shape index (κ2) is 13.4. The summed E-state index contributed by atoms with van der Waals surface area (Å²) in [5, 5.41) is 22.2. The summed E-state index contributed by atoms with van der Waals surface area (Å²) in [6.07, 6.45) is 5.30. The van der Waals surface area contributed by atoms with Gasteiger partial charge in [-0.05, 0) is 71.5 Å². The number of benzene rings is 4. The molecular formula is C40H38BrN3O5. The number of hydrogen-bond donors (Lipinski definition) is 2. The van der Waals surface area contributed by atoms with E-state index in [0.29, 0.717) is 30.6 Å². The molecule has 3 amide bonds. The van der Waals surface area contributed by atoms with Crippen molar-refractivity contribution < 1.29 is 24.6 Å². The van der Waals surface area contributed by atoms with Gasteiger partial charge in [-0.2, -0.15) is 0 Å². The van der Waals surface area contributed by atoms with Crippen molar-refractivity contribution in [1.82, 2.24) is 4.90 Å². The van der Waals surface area contributed by atoms with Crippen LogP contribution in [0.5, 0.6) is 0 Å². The molecule has 0 spiro atoms. The highest BCUT2D eigenvalue weighted by atomic mass is 79.9. The Morgan fingerprint density at radius 1 is 0.939 bits per heavy atom. The Kier molecular flexibility index (Phi) is 9.00. The zero-order chi connectivity index (χ0) is 34.3. The molecule has 0 bridgehead atoms. The summed E-state index contributed by atoms with van der Waals surface area (Å²) in [6, 6.07) is 28.7. The molecule has 0 aliphatic carbocycles. The van der Waals surface area contributed by atoms with Crippen LogP contribution in [-0.2, 0) is 45.9 Å². The lowest BCUT2D eigenvalue weighted by molar-refractivity contribution is -0.139. The first-order valence-corrected chi connectivity index (χ1v) is 17.5. The summed E-state index contributed by atoms with van der Waals surface area (Å²) >= 11 is 3.51. The van der Waals surface area contributed by atoms with Gasteiger partial charge in [0.15, 0.2) is 5.60 Å². The Bertz CT molecular complexity index is 1960. The van der Waals surface area contributed by atoms with Gasteiger partial charge in [0.25, 0.3) is 5.91 Å². The Hall–Kier alpha value is -4.57. The molecule has 0 saturated heterocycles. The van der Waals surface area contributed by atoms with Gasteiger partial charge in [-0.15, -0.1) is 0 Å². The second-order valence-corrected chi connectivity index (χ2v) is 14.0. The fraction of sp³-hybridized carbons (Fsp3) is 0.275. The quantitative estimate of drug-likeness (QED) is 0.208. The third-order valence-corrected chi connectivity index (χ3v) is 10.6. The van der Waals surface area contributed by atoms with Gasteiger partial charge in [-0.1, -0.05) is 89.6 Å². The van der Waals surface area contributed by atoms with Crippen molar-refractivity contribution in [3.8, 4) is 0 Å². The molecule has 0 radical (unpaired) electrons. The summed E-state index contributed by atoms with van der Waals surface area (Å²) in [5.74, 6) is -1.16. The van der Waals surface area contributed by atoms with Gasteiger partial charge < -0.3 is 20.0 Å². The average molecular weight is 721 g/mol. The van der Waals surface area contributed by atoms with Crippen LogP contribution in [0.3, 0.4) is 0 Å². The molecular weight excluding hydrogens is 682 g/mol. The zero-order valence-corrected chi connectivity index (χ0v) is 28.8. The molecule has 2 N–H and O–H groups in total. The van der Waals surface area contributed by atoms with E-state index in [-0.39, 0.29) is 37.4 Å². The van der Waals surface area contributed by atoms with E-state index in [1.165, 1.54) is 0 Å². The maximum absolute atomic E-state index is 14.1. The van der Waals surface area contributed by atoms with Gasteiger partial charge in [0, 0.05) is 41.0 Å². The number of para-hydroxylation sites is 1. The molecule has 250 valence electrons. The van der Waals surface area contributed by atoms with E-state index >= 15 is 0 Å². The van der Waals surface area contributed by atoms with E-state index in [2.05, 4.69) is 15.9 Å². The predicted octanol–water partition coefficient (Wildman–Crippen LogP) is 6.32. The number of halogens is 1. The van der Waals surface area contributed by atoms with Gasteiger partial charge in [0.1, 0.15) is 0 Å². The summed E-state index contributed by atoms with van der Waals surface area (Å²) in [6.45, 7) is 2.32. The molecule has 0 aromatic heterocycles. The van der Waals surface area contributed by atoms with Gasteiger partial charge in [-0.3, -0.25) is 19.3 Å². The second-order valence-electron chi connectivity index (χ2n) is 13.1. The number of hydrogen-bond acceptors (Lipinski definition) is 5. The molecule has 4 aromatic carbocycles. The molecule has 49 heavy (non-hydrogen) atoms. The SMILES string of the molecule is C[C@H](/C=C/CC(=O)N1Cc2ccccc2C[C@H]1CO)[C@@]1(O)C(=O)N(Cc2ccc(N3C(=O)CCc4ccccc43)cc2)c2ccc(Br)cc21. The van der Waals surface area contributed by atoms with E-state index in [1.807, 2.05) is 84.9 Å². The van der Waals surface area contributed by atoms with Crippen molar-refractivity contribution in [2.45, 2.75) is 57.3 Å². The Morgan fingerprint density at radius 3 is 2.41 bits per heavy atom.